The van der Waals surface area contributed by atoms with Crippen molar-refractivity contribution in [3.8, 4) is 0 Å². The first-order chi connectivity index (χ1) is 15.0. The van der Waals surface area contributed by atoms with E-state index in [0.29, 0.717) is 0 Å². The van der Waals surface area contributed by atoms with E-state index in [9.17, 15) is 19.5 Å². The Labute approximate surface area is 180 Å². The van der Waals surface area contributed by atoms with Crippen LogP contribution in [0.2, 0.25) is 0 Å². The van der Waals surface area contributed by atoms with Gasteiger partial charge in [-0.05, 0) is 28.8 Å². The highest BCUT2D eigenvalue weighted by molar-refractivity contribution is 5.96. The van der Waals surface area contributed by atoms with Crippen LogP contribution in [0.15, 0.2) is 78.9 Å². The Balaban J connectivity index is 1.45. The summed E-state index contributed by atoms with van der Waals surface area (Å²) in [7, 11) is 0. The molecule has 2 atom stereocenters. The van der Waals surface area contributed by atoms with Crippen molar-refractivity contribution in [3.05, 3.63) is 95.6 Å². The van der Waals surface area contributed by atoms with Gasteiger partial charge in [0, 0.05) is 6.42 Å². The number of hydrogen-bond acceptors (Lipinski definition) is 5. The number of alkyl carbamates (subject to hydrolysis) is 1. The average Bonchev–Trinajstić information content (AvgIpc) is 2.78. The summed E-state index contributed by atoms with van der Waals surface area (Å²) < 4.78 is 10.7. The summed E-state index contributed by atoms with van der Waals surface area (Å²) in [5.41, 5.74) is 2.41. The van der Waals surface area contributed by atoms with E-state index < -0.39 is 24.2 Å². The summed E-state index contributed by atoms with van der Waals surface area (Å²) in [4.78, 5) is 35.2. The van der Waals surface area contributed by atoms with Crippen LogP contribution in [0, 0.1) is 0 Å². The Morgan fingerprint density at radius 2 is 1.61 bits per heavy atom. The molecule has 2 aromatic rings. The number of ether oxygens (including phenoxy) is 2. The number of carboxylic acids is 1. The van der Waals surface area contributed by atoms with Crippen molar-refractivity contribution in [1.29, 1.82) is 0 Å². The van der Waals surface area contributed by atoms with Crippen LogP contribution in [0.5, 0.6) is 0 Å². The summed E-state index contributed by atoms with van der Waals surface area (Å²) >= 11 is 0. The minimum atomic E-state index is -1.13. The largest absolute Gasteiger partial charge is 0.480 e. The fourth-order valence-electron chi connectivity index (χ4n) is 2.94. The lowest BCUT2D eigenvalue weighted by molar-refractivity contribution is -0.139. The van der Waals surface area contributed by atoms with Crippen molar-refractivity contribution in [3.63, 3.8) is 0 Å². The Bertz CT molecular complexity index is 965. The smallest absolute Gasteiger partial charge is 0.408 e. The number of carbonyl (C=O) groups excluding carboxylic acids is 2. The van der Waals surface area contributed by atoms with Crippen molar-refractivity contribution >= 4 is 17.8 Å². The van der Waals surface area contributed by atoms with Gasteiger partial charge >= 0.3 is 12.1 Å². The number of allylic oxidation sites excluding steroid dienone is 2. The van der Waals surface area contributed by atoms with Crippen LogP contribution >= 0.6 is 0 Å². The number of carbonyl (C=O) groups is 3. The Morgan fingerprint density at radius 3 is 2.26 bits per heavy atom. The van der Waals surface area contributed by atoms with Crippen LogP contribution in [0.3, 0.4) is 0 Å². The van der Waals surface area contributed by atoms with E-state index in [-0.39, 0.29) is 25.4 Å². The van der Waals surface area contributed by atoms with E-state index in [4.69, 9.17) is 9.47 Å². The maximum atomic E-state index is 12.0. The lowest BCUT2D eigenvalue weighted by Gasteiger charge is -2.15. The van der Waals surface area contributed by atoms with Crippen molar-refractivity contribution in [2.24, 2.45) is 0 Å². The van der Waals surface area contributed by atoms with E-state index in [0.717, 1.165) is 16.7 Å². The van der Waals surface area contributed by atoms with Gasteiger partial charge < -0.3 is 19.9 Å². The second-order valence-corrected chi connectivity index (χ2v) is 7.00. The number of nitrogens with one attached hydrogen (secondary N) is 1. The lowest BCUT2D eigenvalue weighted by atomic mass is 10.1. The van der Waals surface area contributed by atoms with E-state index in [1.165, 1.54) is 6.08 Å². The molecule has 0 fully saturated rings. The van der Waals surface area contributed by atoms with Gasteiger partial charge in [0.2, 0.25) is 0 Å². The van der Waals surface area contributed by atoms with Crippen molar-refractivity contribution in [1.82, 2.24) is 5.32 Å². The molecule has 2 unspecified atom stereocenters. The highest BCUT2D eigenvalue weighted by Gasteiger charge is 2.21. The first-order valence-corrected chi connectivity index (χ1v) is 9.79. The summed E-state index contributed by atoms with van der Waals surface area (Å²) in [5.74, 6) is -1.22. The summed E-state index contributed by atoms with van der Waals surface area (Å²) in [5, 5.41) is 11.7. The van der Waals surface area contributed by atoms with Gasteiger partial charge in [-0.3, -0.25) is 4.79 Å². The second-order valence-electron chi connectivity index (χ2n) is 7.00. The quantitative estimate of drug-likeness (QED) is 0.645. The molecule has 7 nitrogen and oxygen atoms in total. The minimum absolute atomic E-state index is 0.000704. The monoisotopic (exact) mass is 421 g/mol. The number of benzene rings is 2. The van der Waals surface area contributed by atoms with Crippen LogP contribution in [0.25, 0.3) is 0 Å². The number of carboxylic acid groups (broad SMARTS) is 1. The number of ketones is 1. The molecule has 0 aromatic heterocycles. The normalized spacial score (nSPS) is 16.0. The SMILES string of the molecule is O=C(NC(Cc1ccccc1)C(=O)O)OCc1ccc(COC2C=CC=CC2=O)cc1. The van der Waals surface area contributed by atoms with E-state index in [2.05, 4.69) is 5.32 Å². The van der Waals surface area contributed by atoms with Gasteiger partial charge in [-0.1, -0.05) is 66.7 Å². The van der Waals surface area contributed by atoms with Crippen LogP contribution < -0.4 is 5.32 Å². The van der Waals surface area contributed by atoms with Gasteiger partial charge in [0.1, 0.15) is 18.8 Å². The van der Waals surface area contributed by atoms with Gasteiger partial charge in [-0.25, -0.2) is 9.59 Å². The van der Waals surface area contributed by atoms with E-state index in [1.807, 2.05) is 30.3 Å². The Kier molecular flexibility index (Phi) is 7.73. The molecule has 0 aliphatic heterocycles. The zero-order valence-corrected chi connectivity index (χ0v) is 16.8. The molecule has 3 rings (SSSR count). The third-order valence-electron chi connectivity index (χ3n) is 4.63. The molecule has 1 aliphatic carbocycles. The highest BCUT2D eigenvalue weighted by Crippen LogP contribution is 2.11. The van der Waals surface area contributed by atoms with Gasteiger partial charge in [0.05, 0.1) is 6.61 Å². The minimum Gasteiger partial charge on any atom is -0.480 e. The van der Waals surface area contributed by atoms with Gasteiger partial charge in [0.25, 0.3) is 0 Å². The van der Waals surface area contributed by atoms with Crippen molar-refractivity contribution in [2.45, 2.75) is 31.8 Å². The molecule has 0 saturated heterocycles. The molecule has 31 heavy (non-hydrogen) atoms. The first-order valence-electron chi connectivity index (χ1n) is 9.79. The van der Waals surface area contributed by atoms with Crippen LogP contribution in [-0.2, 0) is 38.7 Å². The number of hydrogen-bond donors (Lipinski definition) is 2. The first kappa shape index (κ1) is 22.0. The fraction of sp³-hybridized carbons (Fsp3) is 0.208. The standard InChI is InChI=1S/C24H23NO6/c26-21-8-4-5-9-22(21)30-15-18-10-12-19(13-11-18)16-31-24(29)25-20(23(27)28)14-17-6-2-1-3-7-17/h1-13,20,22H,14-16H2,(H,25,29)(H,27,28). The molecule has 1 aliphatic rings. The molecule has 0 spiro atoms. The zero-order valence-electron chi connectivity index (χ0n) is 16.8. The van der Waals surface area contributed by atoms with E-state index in [1.54, 1.807) is 42.5 Å². The number of amides is 1. The van der Waals surface area contributed by atoms with Crippen molar-refractivity contribution in [2.75, 3.05) is 0 Å². The van der Waals surface area contributed by atoms with E-state index >= 15 is 0 Å². The molecule has 7 heteroatoms. The molecule has 160 valence electrons. The topological polar surface area (TPSA) is 102 Å². The van der Waals surface area contributed by atoms with Gasteiger partial charge in [-0.2, -0.15) is 0 Å². The summed E-state index contributed by atoms with van der Waals surface area (Å²) in [6, 6.07) is 15.2. The molecule has 0 bridgehead atoms. The molecular weight excluding hydrogens is 398 g/mol. The van der Waals surface area contributed by atoms with Crippen LogP contribution in [0.4, 0.5) is 4.79 Å². The maximum absolute atomic E-state index is 12.0. The maximum Gasteiger partial charge on any atom is 0.408 e. The summed E-state index contributed by atoms with van der Waals surface area (Å²) in [6.07, 6.45) is 5.41. The fourth-order valence-corrected chi connectivity index (χ4v) is 2.94. The molecule has 0 heterocycles. The van der Waals surface area contributed by atoms with Crippen molar-refractivity contribution < 1.29 is 29.0 Å². The van der Waals surface area contributed by atoms with Gasteiger partial charge in [-0.15, -0.1) is 0 Å². The second kappa shape index (κ2) is 10.9. The van der Waals surface area contributed by atoms with Crippen LogP contribution in [-0.4, -0.2) is 35.1 Å². The average molecular weight is 421 g/mol. The third kappa shape index (κ3) is 6.94. The molecule has 2 aromatic carbocycles. The molecule has 2 N–H and O–H groups in total. The Morgan fingerprint density at radius 1 is 0.935 bits per heavy atom. The van der Waals surface area contributed by atoms with Crippen LogP contribution in [0.1, 0.15) is 16.7 Å². The number of aliphatic carboxylic acids is 1. The van der Waals surface area contributed by atoms with Gasteiger partial charge in [0.15, 0.2) is 5.78 Å². The summed E-state index contributed by atoms with van der Waals surface area (Å²) in [6.45, 7) is 0.273. The molecule has 0 saturated carbocycles. The molecule has 1 amide bonds. The molecular formula is C24H23NO6. The lowest BCUT2D eigenvalue weighted by Crippen LogP contribution is -2.42. The Hall–Kier alpha value is -3.71. The third-order valence-corrected chi connectivity index (χ3v) is 4.63. The molecule has 0 radical (unpaired) electrons. The zero-order chi connectivity index (χ0) is 22.1. The predicted molar refractivity (Wildman–Crippen MR) is 113 cm³/mol. The number of rotatable bonds is 9. The highest BCUT2D eigenvalue weighted by atomic mass is 16.5. The predicted octanol–water partition coefficient (Wildman–Crippen LogP) is 3.19.